The number of benzene rings is 1. The third-order valence-electron chi connectivity index (χ3n) is 2.64. The van der Waals surface area contributed by atoms with Crippen LogP contribution in [0.2, 0.25) is 0 Å². The fourth-order valence-electron chi connectivity index (χ4n) is 1.58. The first-order valence-electron chi connectivity index (χ1n) is 6.15. The molecule has 0 aliphatic heterocycles. The summed E-state index contributed by atoms with van der Waals surface area (Å²) in [5.41, 5.74) is 1.25. The summed E-state index contributed by atoms with van der Waals surface area (Å²) in [6.07, 6.45) is 2.24. The van der Waals surface area contributed by atoms with Gasteiger partial charge in [-0.05, 0) is 24.3 Å². The lowest BCUT2D eigenvalue weighted by Crippen LogP contribution is -2.15. The van der Waals surface area contributed by atoms with Gasteiger partial charge in [-0.1, -0.05) is 0 Å². The summed E-state index contributed by atoms with van der Waals surface area (Å²) in [6, 6.07) is 6.83. The van der Waals surface area contributed by atoms with Crippen molar-refractivity contribution in [2.45, 2.75) is 0 Å². The van der Waals surface area contributed by atoms with Crippen LogP contribution in [0.15, 0.2) is 46.8 Å². The highest BCUT2D eigenvalue weighted by Gasteiger charge is 2.13. The Morgan fingerprint density at radius 1 is 1.18 bits per heavy atom. The zero-order valence-electron chi connectivity index (χ0n) is 11.9. The minimum Gasteiger partial charge on any atom is -0.466 e. The summed E-state index contributed by atoms with van der Waals surface area (Å²) in [4.78, 5) is 22.9. The monoisotopic (exact) mass is 303 g/mol. The van der Waals surface area contributed by atoms with Crippen LogP contribution in [0, 0.1) is 0 Å². The number of rotatable bonds is 5. The van der Waals surface area contributed by atoms with Crippen LogP contribution in [0.1, 0.15) is 0 Å². The van der Waals surface area contributed by atoms with Gasteiger partial charge in [0, 0.05) is 11.3 Å². The molecule has 0 atom stereocenters. The van der Waals surface area contributed by atoms with Crippen LogP contribution in [0.25, 0.3) is 11.5 Å². The molecule has 114 valence electrons. The van der Waals surface area contributed by atoms with E-state index in [0.717, 1.165) is 11.6 Å². The number of esters is 2. The summed E-state index contributed by atoms with van der Waals surface area (Å²) in [5.74, 6) is -0.980. The predicted molar refractivity (Wildman–Crippen MR) is 75.5 cm³/mol. The molecule has 1 N–H and O–H groups in total. The van der Waals surface area contributed by atoms with Crippen molar-refractivity contribution < 1.29 is 23.5 Å². The maximum absolute atomic E-state index is 11.6. The standard InChI is InChI=1S/C14H13N3O5/c1-20-12(18)7-11(14(19)21-2)16-10-5-3-9(4-6-10)13-17-15-8-22-13/h3-8,16H,1-2H3/b11-7+. The average molecular weight is 303 g/mol. The van der Waals surface area contributed by atoms with Crippen molar-refractivity contribution in [3.63, 3.8) is 0 Å². The van der Waals surface area contributed by atoms with E-state index >= 15 is 0 Å². The Kier molecular flexibility index (Phi) is 4.86. The second-order valence-electron chi connectivity index (χ2n) is 4.02. The zero-order chi connectivity index (χ0) is 15.9. The molecule has 22 heavy (non-hydrogen) atoms. The minimum atomic E-state index is -0.689. The molecule has 0 saturated carbocycles. The van der Waals surface area contributed by atoms with Crippen molar-refractivity contribution in [3.05, 3.63) is 42.4 Å². The Labute approximate surface area is 125 Å². The lowest BCUT2D eigenvalue weighted by Gasteiger charge is -2.09. The Hall–Kier alpha value is -3.16. The van der Waals surface area contributed by atoms with Crippen molar-refractivity contribution in [1.29, 1.82) is 0 Å². The van der Waals surface area contributed by atoms with Crippen molar-refractivity contribution >= 4 is 17.6 Å². The van der Waals surface area contributed by atoms with Gasteiger partial charge in [0.05, 0.1) is 20.3 Å². The Balaban J connectivity index is 2.18. The first kappa shape index (κ1) is 15.2. The highest BCUT2D eigenvalue weighted by Crippen LogP contribution is 2.20. The van der Waals surface area contributed by atoms with Gasteiger partial charge in [-0.15, -0.1) is 10.2 Å². The first-order valence-corrected chi connectivity index (χ1v) is 6.15. The van der Waals surface area contributed by atoms with E-state index in [-0.39, 0.29) is 5.70 Å². The van der Waals surface area contributed by atoms with Gasteiger partial charge in [0.2, 0.25) is 12.3 Å². The molecular weight excluding hydrogens is 290 g/mol. The van der Waals surface area contributed by atoms with E-state index in [0.29, 0.717) is 11.6 Å². The number of carbonyl (C=O) groups excluding carboxylic acids is 2. The second kappa shape index (κ2) is 7.02. The maximum Gasteiger partial charge on any atom is 0.354 e. The van der Waals surface area contributed by atoms with Crippen LogP contribution in [-0.2, 0) is 19.1 Å². The van der Waals surface area contributed by atoms with Crippen LogP contribution in [-0.4, -0.2) is 36.4 Å². The molecule has 0 fully saturated rings. The van der Waals surface area contributed by atoms with Gasteiger partial charge in [0.15, 0.2) is 0 Å². The van der Waals surface area contributed by atoms with E-state index in [4.69, 9.17) is 4.42 Å². The Bertz CT molecular complexity index is 677. The van der Waals surface area contributed by atoms with Gasteiger partial charge in [-0.25, -0.2) is 9.59 Å². The Morgan fingerprint density at radius 3 is 2.45 bits per heavy atom. The number of aromatic nitrogens is 2. The molecule has 1 aromatic heterocycles. The van der Waals surface area contributed by atoms with Gasteiger partial charge in [0.1, 0.15) is 5.70 Å². The van der Waals surface area contributed by atoms with Crippen LogP contribution in [0.3, 0.4) is 0 Å². The number of ether oxygens (including phenoxy) is 2. The highest BCUT2D eigenvalue weighted by atomic mass is 16.5. The molecular formula is C14H13N3O5. The summed E-state index contributed by atoms with van der Waals surface area (Å²) >= 11 is 0. The molecule has 0 aliphatic carbocycles. The smallest absolute Gasteiger partial charge is 0.354 e. The zero-order valence-corrected chi connectivity index (χ0v) is 11.9. The van der Waals surface area contributed by atoms with Crippen molar-refractivity contribution in [3.8, 4) is 11.5 Å². The molecule has 0 amide bonds. The van der Waals surface area contributed by atoms with E-state index in [1.807, 2.05) is 0 Å². The molecule has 1 heterocycles. The van der Waals surface area contributed by atoms with Crippen molar-refractivity contribution in [2.24, 2.45) is 0 Å². The SMILES string of the molecule is COC(=O)/C=C(/Nc1ccc(-c2nnco2)cc1)C(=O)OC. The van der Waals surface area contributed by atoms with E-state index in [1.165, 1.54) is 20.6 Å². The van der Waals surface area contributed by atoms with Gasteiger partial charge < -0.3 is 19.2 Å². The number of nitrogens with zero attached hydrogens (tertiary/aromatic N) is 2. The van der Waals surface area contributed by atoms with Gasteiger partial charge >= 0.3 is 11.9 Å². The number of nitrogens with one attached hydrogen (secondary N) is 1. The topological polar surface area (TPSA) is 104 Å². The fourth-order valence-corrected chi connectivity index (χ4v) is 1.58. The normalized spacial score (nSPS) is 10.9. The lowest BCUT2D eigenvalue weighted by molar-refractivity contribution is -0.138. The predicted octanol–water partition coefficient (Wildman–Crippen LogP) is 1.38. The van der Waals surface area contributed by atoms with E-state index in [2.05, 4.69) is 25.0 Å². The molecule has 8 heteroatoms. The molecule has 1 aromatic carbocycles. The van der Waals surface area contributed by atoms with Crippen LogP contribution in [0.4, 0.5) is 5.69 Å². The van der Waals surface area contributed by atoms with Gasteiger partial charge in [0.25, 0.3) is 0 Å². The molecule has 0 saturated heterocycles. The van der Waals surface area contributed by atoms with Gasteiger partial charge in [-0.2, -0.15) is 0 Å². The molecule has 0 aliphatic rings. The van der Waals surface area contributed by atoms with Crippen LogP contribution >= 0.6 is 0 Å². The highest BCUT2D eigenvalue weighted by molar-refractivity contribution is 5.98. The molecule has 0 bridgehead atoms. The fraction of sp³-hybridized carbons (Fsp3) is 0.143. The number of hydrogen-bond acceptors (Lipinski definition) is 8. The van der Waals surface area contributed by atoms with Gasteiger partial charge in [-0.3, -0.25) is 0 Å². The molecule has 2 rings (SSSR count). The van der Waals surface area contributed by atoms with Crippen molar-refractivity contribution in [2.75, 3.05) is 19.5 Å². The summed E-state index contributed by atoms with van der Waals surface area (Å²) < 4.78 is 14.2. The number of anilines is 1. The molecule has 0 radical (unpaired) electrons. The molecule has 8 nitrogen and oxygen atoms in total. The summed E-state index contributed by atoms with van der Waals surface area (Å²) in [7, 11) is 2.43. The average Bonchev–Trinajstić information content (AvgIpc) is 3.08. The Morgan fingerprint density at radius 2 is 1.91 bits per heavy atom. The number of methoxy groups -OCH3 is 2. The third kappa shape index (κ3) is 3.69. The molecule has 0 unspecified atom stereocenters. The summed E-state index contributed by atoms with van der Waals surface area (Å²) in [5, 5.41) is 10.2. The quantitative estimate of drug-likeness (QED) is 0.652. The molecule has 2 aromatic rings. The lowest BCUT2D eigenvalue weighted by atomic mass is 10.2. The van der Waals surface area contributed by atoms with Crippen LogP contribution < -0.4 is 5.32 Å². The van der Waals surface area contributed by atoms with Crippen LogP contribution in [0.5, 0.6) is 0 Å². The minimum absolute atomic E-state index is 0.0418. The number of hydrogen-bond donors (Lipinski definition) is 1. The summed E-state index contributed by atoms with van der Waals surface area (Å²) in [6.45, 7) is 0. The largest absolute Gasteiger partial charge is 0.466 e. The number of carbonyl (C=O) groups is 2. The van der Waals surface area contributed by atoms with E-state index in [1.54, 1.807) is 24.3 Å². The third-order valence-corrected chi connectivity index (χ3v) is 2.64. The van der Waals surface area contributed by atoms with E-state index in [9.17, 15) is 9.59 Å². The maximum atomic E-state index is 11.6. The van der Waals surface area contributed by atoms with E-state index < -0.39 is 11.9 Å². The molecule has 0 spiro atoms. The second-order valence-corrected chi connectivity index (χ2v) is 4.02. The van der Waals surface area contributed by atoms with Crippen molar-refractivity contribution in [1.82, 2.24) is 10.2 Å². The first-order chi connectivity index (χ1) is 10.6.